The van der Waals surface area contributed by atoms with Crippen LogP contribution in [-0.4, -0.2) is 23.0 Å². The van der Waals surface area contributed by atoms with E-state index in [1.54, 1.807) is 60.9 Å². The smallest absolute Gasteiger partial charge is 0.282 e. The Morgan fingerprint density at radius 2 is 1.60 bits per heavy atom. The van der Waals surface area contributed by atoms with Crippen molar-refractivity contribution < 1.29 is 14.5 Å². The molecule has 9 heteroatoms. The van der Waals surface area contributed by atoms with E-state index in [4.69, 9.17) is 11.6 Å². The molecule has 0 aliphatic rings. The molecule has 0 radical (unpaired) electrons. The molecule has 30 heavy (non-hydrogen) atoms. The second-order valence-electron chi connectivity index (χ2n) is 6.10. The highest BCUT2D eigenvalue weighted by molar-refractivity contribution is 7.98. The van der Waals surface area contributed by atoms with Gasteiger partial charge in [-0.25, -0.2) is 0 Å². The van der Waals surface area contributed by atoms with Crippen LogP contribution in [0.1, 0.15) is 20.7 Å². The van der Waals surface area contributed by atoms with E-state index in [0.29, 0.717) is 15.6 Å². The molecule has 3 rings (SSSR count). The van der Waals surface area contributed by atoms with Gasteiger partial charge in [-0.1, -0.05) is 23.7 Å². The normalized spacial score (nSPS) is 10.3. The molecule has 0 atom stereocenters. The first kappa shape index (κ1) is 21.4. The quantitative estimate of drug-likeness (QED) is 0.300. The zero-order chi connectivity index (χ0) is 21.7. The number of anilines is 2. The van der Waals surface area contributed by atoms with Crippen molar-refractivity contribution in [2.24, 2.45) is 0 Å². The molecule has 0 unspecified atom stereocenters. The molecule has 0 heterocycles. The lowest BCUT2D eigenvalue weighted by Gasteiger charge is -2.12. The van der Waals surface area contributed by atoms with Gasteiger partial charge in [0.05, 0.1) is 16.2 Å². The maximum absolute atomic E-state index is 12.8. The van der Waals surface area contributed by atoms with Crippen molar-refractivity contribution in [3.05, 3.63) is 93.0 Å². The number of halogens is 1. The standard InChI is InChI=1S/C21H16ClN3O4S/c1-30-15-10-11-19(25(28)29)17(12-15)21(27)24-18-5-3-2-4-16(18)20(26)23-14-8-6-13(22)7-9-14/h2-12H,1H3,(H,23,26)(H,24,27). The Labute approximate surface area is 181 Å². The van der Waals surface area contributed by atoms with Gasteiger partial charge >= 0.3 is 0 Å². The van der Waals surface area contributed by atoms with Gasteiger partial charge in [0.25, 0.3) is 17.5 Å². The van der Waals surface area contributed by atoms with Crippen molar-refractivity contribution in [3.8, 4) is 0 Å². The molecule has 0 spiro atoms. The van der Waals surface area contributed by atoms with Gasteiger partial charge in [-0.15, -0.1) is 11.8 Å². The fourth-order valence-electron chi connectivity index (χ4n) is 2.69. The highest BCUT2D eigenvalue weighted by Crippen LogP contribution is 2.26. The van der Waals surface area contributed by atoms with E-state index in [1.165, 1.54) is 23.9 Å². The number of rotatable bonds is 6. The second kappa shape index (κ2) is 9.43. The first-order valence-corrected chi connectivity index (χ1v) is 10.3. The third kappa shape index (κ3) is 4.97. The fourth-order valence-corrected chi connectivity index (χ4v) is 3.26. The Balaban J connectivity index is 1.88. The lowest BCUT2D eigenvalue weighted by molar-refractivity contribution is -0.385. The maximum Gasteiger partial charge on any atom is 0.282 e. The van der Waals surface area contributed by atoms with Crippen LogP contribution in [0.25, 0.3) is 0 Å². The Kier molecular flexibility index (Phi) is 6.71. The van der Waals surface area contributed by atoms with Crippen LogP contribution in [0.15, 0.2) is 71.6 Å². The first-order chi connectivity index (χ1) is 14.4. The molecule has 0 aliphatic heterocycles. The average Bonchev–Trinajstić information content (AvgIpc) is 2.75. The maximum atomic E-state index is 12.8. The van der Waals surface area contributed by atoms with E-state index in [2.05, 4.69) is 10.6 Å². The summed E-state index contributed by atoms with van der Waals surface area (Å²) in [5.41, 5.74) is 0.587. The van der Waals surface area contributed by atoms with Gasteiger partial charge in [0, 0.05) is 21.7 Å². The number of benzene rings is 3. The minimum absolute atomic E-state index is 0.0836. The number of nitro benzene ring substituents is 1. The van der Waals surface area contributed by atoms with E-state index in [1.807, 2.05) is 0 Å². The Hall–Kier alpha value is -3.36. The van der Waals surface area contributed by atoms with Gasteiger partial charge < -0.3 is 10.6 Å². The number of amides is 2. The van der Waals surface area contributed by atoms with Gasteiger partial charge in [-0.05, 0) is 54.8 Å². The highest BCUT2D eigenvalue weighted by Gasteiger charge is 2.22. The number of para-hydroxylation sites is 1. The summed E-state index contributed by atoms with van der Waals surface area (Å²) >= 11 is 7.21. The van der Waals surface area contributed by atoms with Crippen molar-refractivity contribution in [1.82, 2.24) is 0 Å². The average molecular weight is 442 g/mol. The molecule has 152 valence electrons. The number of carbonyl (C=O) groups is 2. The van der Waals surface area contributed by atoms with E-state index < -0.39 is 16.7 Å². The van der Waals surface area contributed by atoms with E-state index in [0.717, 1.165) is 0 Å². The van der Waals surface area contributed by atoms with Crippen molar-refractivity contribution in [2.75, 3.05) is 16.9 Å². The number of nitro groups is 1. The molecule has 0 saturated carbocycles. The number of hydrogen-bond acceptors (Lipinski definition) is 5. The highest BCUT2D eigenvalue weighted by atomic mass is 35.5. The van der Waals surface area contributed by atoms with E-state index >= 15 is 0 Å². The number of carbonyl (C=O) groups excluding carboxylic acids is 2. The summed E-state index contributed by atoms with van der Waals surface area (Å²) in [5.74, 6) is -1.12. The largest absolute Gasteiger partial charge is 0.322 e. The van der Waals surface area contributed by atoms with Crippen LogP contribution >= 0.6 is 23.4 Å². The van der Waals surface area contributed by atoms with Crippen molar-refractivity contribution in [1.29, 1.82) is 0 Å². The third-order valence-electron chi connectivity index (χ3n) is 4.17. The molecule has 2 amide bonds. The molecule has 7 nitrogen and oxygen atoms in total. The van der Waals surface area contributed by atoms with Crippen LogP contribution < -0.4 is 10.6 Å². The molecule has 0 aromatic heterocycles. The summed E-state index contributed by atoms with van der Waals surface area (Å²) in [6.07, 6.45) is 1.80. The van der Waals surface area contributed by atoms with Crippen LogP contribution in [-0.2, 0) is 0 Å². The predicted octanol–water partition coefficient (Wildman–Crippen LogP) is 5.47. The molecule has 3 aromatic carbocycles. The summed E-state index contributed by atoms with van der Waals surface area (Å²) < 4.78 is 0. The molecular weight excluding hydrogens is 426 g/mol. The van der Waals surface area contributed by atoms with Gasteiger partial charge in [0.2, 0.25) is 0 Å². The lowest BCUT2D eigenvalue weighted by atomic mass is 10.1. The van der Waals surface area contributed by atoms with Crippen molar-refractivity contribution in [2.45, 2.75) is 4.90 Å². The van der Waals surface area contributed by atoms with Crippen LogP contribution in [0.5, 0.6) is 0 Å². The first-order valence-electron chi connectivity index (χ1n) is 8.69. The summed E-state index contributed by atoms with van der Waals surface area (Å²) in [4.78, 5) is 36.9. The molecular formula is C21H16ClN3O4S. The summed E-state index contributed by atoms with van der Waals surface area (Å²) in [5, 5.41) is 17.2. The Bertz CT molecular complexity index is 1120. The number of thioether (sulfide) groups is 1. The van der Waals surface area contributed by atoms with E-state index in [9.17, 15) is 19.7 Å². The number of nitrogens with zero attached hydrogens (tertiary/aromatic N) is 1. The lowest BCUT2D eigenvalue weighted by Crippen LogP contribution is -2.19. The molecule has 0 saturated heterocycles. The molecule has 0 bridgehead atoms. The Morgan fingerprint density at radius 3 is 2.27 bits per heavy atom. The van der Waals surface area contributed by atoms with Gasteiger partial charge in [0.15, 0.2) is 0 Å². The van der Waals surface area contributed by atoms with Crippen LogP contribution in [0.3, 0.4) is 0 Å². The zero-order valence-electron chi connectivity index (χ0n) is 15.7. The Morgan fingerprint density at radius 1 is 0.933 bits per heavy atom. The van der Waals surface area contributed by atoms with Crippen LogP contribution in [0.2, 0.25) is 5.02 Å². The second-order valence-corrected chi connectivity index (χ2v) is 7.42. The SMILES string of the molecule is CSc1ccc([N+](=O)[O-])c(C(=O)Nc2ccccc2C(=O)Nc2ccc(Cl)cc2)c1. The minimum atomic E-state index is -0.677. The number of hydrogen-bond donors (Lipinski definition) is 2. The van der Waals surface area contributed by atoms with Gasteiger partial charge in [-0.2, -0.15) is 0 Å². The fraction of sp³-hybridized carbons (Fsp3) is 0.0476. The molecule has 2 N–H and O–H groups in total. The molecule has 0 aliphatic carbocycles. The topological polar surface area (TPSA) is 101 Å². The predicted molar refractivity (Wildman–Crippen MR) is 119 cm³/mol. The molecule has 0 fully saturated rings. The van der Waals surface area contributed by atoms with E-state index in [-0.39, 0.29) is 22.5 Å². The number of nitrogens with one attached hydrogen (secondary N) is 2. The summed E-state index contributed by atoms with van der Waals surface area (Å²) in [6.45, 7) is 0. The van der Waals surface area contributed by atoms with Crippen molar-refractivity contribution in [3.63, 3.8) is 0 Å². The van der Waals surface area contributed by atoms with Crippen LogP contribution in [0, 0.1) is 10.1 Å². The molecule has 3 aromatic rings. The minimum Gasteiger partial charge on any atom is -0.322 e. The summed E-state index contributed by atoms with van der Waals surface area (Å²) in [7, 11) is 0. The monoisotopic (exact) mass is 441 g/mol. The van der Waals surface area contributed by atoms with Gasteiger partial charge in [0.1, 0.15) is 5.56 Å². The zero-order valence-corrected chi connectivity index (χ0v) is 17.3. The van der Waals surface area contributed by atoms with Crippen molar-refractivity contribution >= 4 is 52.2 Å². The summed E-state index contributed by atoms with van der Waals surface area (Å²) in [6, 6.07) is 17.3. The van der Waals surface area contributed by atoms with Crippen LogP contribution in [0.4, 0.5) is 17.1 Å². The van der Waals surface area contributed by atoms with Gasteiger partial charge in [-0.3, -0.25) is 19.7 Å². The third-order valence-corrected chi connectivity index (χ3v) is 5.14.